The normalized spacial score (nSPS) is 10.3. The third kappa shape index (κ3) is 3.32. The second-order valence-electron chi connectivity index (χ2n) is 3.82. The summed E-state index contributed by atoms with van der Waals surface area (Å²) in [6.45, 7) is 1.59. The Morgan fingerprint density at radius 1 is 0.944 bits per heavy atom. The number of carbonyl (C=O) groups is 1. The van der Waals surface area contributed by atoms with Gasteiger partial charge in [-0.2, -0.15) is 0 Å². The maximum atomic E-state index is 11.2. The van der Waals surface area contributed by atoms with E-state index >= 15 is 0 Å². The number of benzene rings is 2. The number of carbonyl (C=O) groups excluding carboxylic acids is 1. The van der Waals surface area contributed by atoms with Gasteiger partial charge in [0.05, 0.1) is 0 Å². The molecule has 0 amide bonds. The van der Waals surface area contributed by atoms with Gasteiger partial charge in [-0.1, -0.05) is 0 Å². The Morgan fingerprint density at radius 2 is 1.44 bits per heavy atom. The van der Waals surface area contributed by atoms with Crippen molar-refractivity contribution in [3.63, 3.8) is 0 Å². The molecule has 0 aromatic heterocycles. The minimum absolute atomic E-state index is 0.115. The van der Waals surface area contributed by atoms with Crippen LogP contribution in [0, 0.1) is 7.14 Å². The van der Waals surface area contributed by atoms with Crippen molar-refractivity contribution in [3.8, 4) is 5.75 Å². The Labute approximate surface area is 117 Å². The molecule has 0 radical (unpaired) electrons. The third-order valence-corrected chi connectivity index (χ3v) is 5.20. The van der Waals surface area contributed by atoms with E-state index in [1.54, 1.807) is 14.0 Å². The Kier molecular flexibility index (Phi) is 4.36. The van der Waals surface area contributed by atoms with E-state index in [2.05, 4.69) is 12.1 Å². The molecule has 0 saturated carbocycles. The van der Waals surface area contributed by atoms with E-state index in [4.69, 9.17) is 4.74 Å². The first kappa shape index (κ1) is 13.1. The fourth-order valence-electron chi connectivity index (χ4n) is 1.51. The molecule has 3 heteroatoms. The summed E-state index contributed by atoms with van der Waals surface area (Å²) in [5.41, 5.74) is 0.775. The molecule has 0 fully saturated rings. The first-order valence-corrected chi connectivity index (χ1v) is 7.74. The van der Waals surface area contributed by atoms with Crippen molar-refractivity contribution in [1.29, 1.82) is 0 Å². The summed E-state index contributed by atoms with van der Waals surface area (Å²) in [5, 5.41) is 0. The molecular formula is C15H14IO2-. The molecule has 0 aliphatic rings. The van der Waals surface area contributed by atoms with E-state index in [1.165, 1.54) is 7.14 Å². The second-order valence-corrected chi connectivity index (χ2v) is 6.85. The zero-order valence-corrected chi connectivity index (χ0v) is 12.5. The summed E-state index contributed by atoms with van der Waals surface area (Å²) in [4.78, 5) is 11.2. The Balaban J connectivity index is 2.10. The topological polar surface area (TPSA) is 26.3 Å². The van der Waals surface area contributed by atoms with Crippen molar-refractivity contribution in [3.05, 3.63) is 61.2 Å². The molecule has 18 heavy (non-hydrogen) atoms. The molecular weight excluding hydrogens is 339 g/mol. The molecule has 0 saturated heterocycles. The van der Waals surface area contributed by atoms with Crippen molar-refractivity contribution in [1.82, 2.24) is 0 Å². The van der Waals surface area contributed by atoms with Gasteiger partial charge < -0.3 is 0 Å². The summed E-state index contributed by atoms with van der Waals surface area (Å²) in [6.07, 6.45) is 0. The van der Waals surface area contributed by atoms with Crippen molar-refractivity contribution < 1.29 is 30.7 Å². The number of hydrogen-bond donors (Lipinski definition) is 0. The van der Waals surface area contributed by atoms with Gasteiger partial charge in [0.25, 0.3) is 0 Å². The SMILES string of the molecule is COc1ccc([I-]c2ccc(C(C)=O)cc2)cc1. The first-order chi connectivity index (χ1) is 8.69. The summed E-state index contributed by atoms with van der Waals surface area (Å²) >= 11 is -0.189. The van der Waals surface area contributed by atoms with E-state index in [1.807, 2.05) is 36.4 Å². The van der Waals surface area contributed by atoms with E-state index in [-0.39, 0.29) is 27.0 Å². The van der Waals surface area contributed by atoms with Crippen LogP contribution in [0.5, 0.6) is 5.75 Å². The zero-order valence-electron chi connectivity index (χ0n) is 10.3. The molecule has 0 aliphatic heterocycles. The fraction of sp³-hybridized carbons (Fsp3) is 0.133. The average Bonchev–Trinajstić information content (AvgIpc) is 2.40. The molecule has 0 bridgehead atoms. The minimum atomic E-state index is -0.189. The van der Waals surface area contributed by atoms with Gasteiger partial charge in [-0.25, -0.2) is 0 Å². The second kappa shape index (κ2) is 6.00. The average molecular weight is 353 g/mol. The van der Waals surface area contributed by atoms with E-state index in [9.17, 15) is 4.79 Å². The number of rotatable bonds is 4. The summed E-state index contributed by atoms with van der Waals surface area (Å²) < 4.78 is 7.78. The first-order valence-electron chi connectivity index (χ1n) is 5.59. The number of Topliss-reactive ketones (excluding diaryl/α,β-unsaturated/α-hetero) is 1. The zero-order chi connectivity index (χ0) is 13.0. The molecule has 0 unspecified atom stereocenters. The molecule has 0 N–H and O–H groups in total. The molecule has 2 rings (SSSR count). The quantitative estimate of drug-likeness (QED) is 0.573. The molecule has 2 aromatic carbocycles. The van der Waals surface area contributed by atoms with Crippen LogP contribution in [0.3, 0.4) is 0 Å². The summed E-state index contributed by atoms with van der Waals surface area (Å²) in [7, 11) is 1.67. The molecule has 0 heterocycles. The van der Waals surface area contributed by atoms with Gasteiger partial charge in [-0.05, 0) is 0 Å². The van der Waals surface area contributed by atoms with E-state index in [0.29, 0.717) is 0 Å². The Hall–Kier alpha value is -1.36. The van der Waals surface area contributed by atoms with Gasteiger partial charge in [0.15, 0.2) is 0 Å². The van der Waals surface area contributed by atoms with Crippen LogP contribution in [-0.2, 0) is 0 Å². The van der Waals surface area contributed by atoms with Crippen LogP contribution < -0.4 is 25.9 Å². The summed E-state index contributed by atoms with van der Waals surface area (Å²) in [6, 6.07) is 16.1. The van der Waals surface area contributed by atoms with E-state index < -0.39 is 0 Å². The van der Waals surface area contributed by atoms with Crippen molar-refractivity contribution in [2.45, 2.75) is 6.92 Å². The van der Waals surface area contributed by atoms with Crippen LogP contribution in [-0.4, -0.2) is 12.9 Å². The fourth-order valence-corrected chi connectivity index (χ4v) is 3.66. The number of ketones is 1. The van der Waals surface area contributed by atoms with Gasteiger partial charge in [-0.15, -0.1) is 0 Å². The van der Waals surface area contributed by atoms with Gasteiger partial charge in [0.1, 0.15) is 0 Å². The van der Waals surface area contributed by atoms with Crippen LogP contribution >= 0.6 is 0 Å². The number of ether oxygens (including phenoxy) is 1. The van der Waals surface area contributed by atoms with Crippen molar-refractivity contribution in [2.24, 2.45) is 0 Å². The van der Waals surface area contributed by atoms with Crippen LogP contribution in [0.15, 0.2) is 48.5 Å². The Morgan fingerprint density at radius 3 is 1.89 bits per heavy atom. The Bertz CT molecular complexity index is 529. The van der Waals surface area contributed by atoms with Gasteiger partial charge in [0, 0.05) is 0 Å². The van der Waals surface area contributed by atoms with Gasteiger partial charge >= 0.3 is 118 Å². The van der Waals surface area contributed by atoms with Gasteiger partial charge in [-0.3, -0.25) is 0 Å². The standard InChI is InChI=1S/C15H14IO2/c1-11(17)12-3-5-13(6-4-12)16-14-7-9-15(18-2)10-8-14/h3-10H,1-2H3/q-1. The van der Waals surface area contributed by atoms with E-state index in [0.717, 1.165) is 11.3 Å². The van der Waals surface area contributed by atoms with Crippen LogP contribution in [0.1, 0.15) is 17.3 Å². The van der Waals surface area contributed by atoms with Crippen LogP contribution in [0.25, 0.3) is 0 Å². The van der Waals surface area contributed by atoms with Crippen LogP contribution in [0.4, 0.5) is 0 Å². The molecule has 94 valence electrons. The molecule has 0 aliphatic carbocycles. The molecule has 2 aromatic rings. The maximum absolute atomic E-state index is 11.2. The van der Waals surface area contributed by atoms with Crippen molar-refractivity contribution >= 4 is 5.78 Å². The summed E-state index contributed by atoms with van der Waals surface area (Å²) in [5.74, 6) is 0.999. The molecule has 2 nitrogen and oxygen atoms in total. The molecule has 0 atom stereocenters. The molecule has 0 spiro atoms. The van der Waals surface area contributed by atoms with Crippen molar-refractivity contribution in [2.75, 3.05) is 7.11 Å². The number of hydrogen-bond acceptors (Lipinski definition) is 2. The monoisotopic (exact) mass is 353 g/mol. The third-order valence-electron chi connectivity index (χ3n) is 2.52. The predicted molar refractivity (Wildman–Crippen MR) is 66.8 cm³/mol. The number of halogens is 1. The van der Waals surface area contributed by atoms with Crippen LogP contribution in [0.2, 0.25) is 0 Å². The van der Waals surface area contributed by atoms with Gasteiger partial charge in [0.2, 0.25) is 0 Å². The predicted octanol–water partition coefficient (Wildman–Crippen LogP) is 0.0262. The number of methoxy groups -OCH3 is 1.